The Hall–Kier alpha value is -2.46. The van der Waals surface area contributed by atoms with Crippen LogP contribution in [-0.2, 0) is 30.6 Å². The Kier molecular flexibility index (Phi) is 6.30. The van der Waals surface area contributed by atoms with Gasteiger partial charge in [0.2, 0.25) is 0 Å². The summed E-state index contributed by atoms with van der Waals surface area (Å²) >= 11 is 0. The van der Waals surface area contributed by atoms with Crippen molar-refractivity contribution in [3.05, 3.63) is 18.2 Å². The van der Waals surface area contributed by atoms with Crippen LogP contribution >= 0.6 is 0 Å². The lowest BCUT2D eigenvalue weighted by Gasteiger charge is -2.11. The highest BCUT2D eigenvalue weighted by Gasteiger charge is 2.22. The zero-order valence-corrected chi connectivity index (χ0v) is 11.0. The molecule has 0 radical (unpaired) electrons. The molecule has 0 saturated carbocycles. The number of nitrogens with two attached hydrogens (primary N) is 2. The smallest absolute Gasteiger partial charge is 0.372 e. The van der Waals surface area contributed by atoms with Gasteiger partial charge in [0.1, 0.15) is 12.1 Å². The number of carboxylic acid groups (broad SMARTS) is 1. The number of carboxylic acids is 1. The maximum absolute atomic E-state index is 11.5. The maximum Gasteiger partial charge on any atom is 0.372 e. The SMILES string of the molecule is NC(CCC(=O)O)C(=O)OOC(=O)C(N)Cc1cnc[nH]1. The predicted octanol–water partition coefficient (Wildman–Crippen LogP) is -1.53. The van der Waals surface area contributed by atoms with Gasteiger partial charge in [0, 0.05) is 24.7 Å². The first-order valence-corrected chi connectivity index (χ1v) is 6.02. The number of hydrogen-bond donors (Lipinski definition) is 4. The van der Waals surface area contributed by atoms with E-state index >= 15 is 0 Å². The Morgan fingerprint density at radius 1 is 1.24 bits per heavy atom. The van der Waals surface area contributed by atoms with Gasteiger partial charge in [-0.2, -0.15) is 0 Å². The highest BCUT2D eigenvalue weighted by Crippen LogP contribution is 2.01. The second-order valence-corrected chi connectivity index (χ2v) is 4.23. The molecule has 0 aromatic carbocycles. The number of rotatable bonds is 7. The van der Waals surface area contributed by atoms with Crippen molar-refractivity contribution in [3.8, 4) is 0 Å². The van der Waals surface area contributed by atoms with E-state index < -0.39 is 30.0 Å². The van der Waals surface area contributed by atoms with Crippen LogP contribution in [0.25, 0.3) is 0 Å². The Bertz CT molecular complexity index is 489. The molecule has 10 nitrogen and oxygen atoms in total. The highest BCUT2D eigenvalue weighted by molar-refractivity contribution is 5.79. The molecule has 0 aliphatic rings. The summed E-state index contributed by atoms with van der Waals surface area (Å²) in [5, 5.41) is 8.44. The van der Waals surface area contributed by atoms with Gasteiger partial charge in [0.15, 0.2) is 0 Å². The lowest BCUT2D eigenvalue weighted by atomic mass is 10.2. The van der Waals surface area contributed by atoms with Gasteiger partial charge in [-0.3, -0.25) is 4.79 Å². The van der Waals surface area contributed by atoms with Crippen molar-refractivity contribution in [1.29, 1.82) is 0 Å². The van der Waals surface area contributed by atoms with Gasteiger partial charge in [-0.15, -0.1) is 0 Å². The van der Waals surface area contributed by atoms with E-state index in [0.29, 0.717) is 5.69 Å². The van der Waals surface area contributed by atoms with E-state index in [1.807, 2.05) is 0 Å². The second kappa shape index (κ2) is 7.97. The largest absolute Gasteiger partial charge is 0.481 e. The van der Waals surface area contributed by atoms with Crippen molar-refractivity contribution in [1.82, 2.24) is 9.97 Å². The minimum Gasteiger partial charge on any atom is -0.481 e. The van der Waals surface area contributed by atoms with Crippen molar-refractivity contribution < 1.29 is 29.3 Å². The van der Waals surface area contributed by atoms with E-state index in [9.17, 15) is 14.4 Å². The number of hydrogen-bond acceptors (Lipinski definition) is 8. The fraction of sp³-hybridized carbons (Fsp3) is 0.455. The zero-order chi connectivity index (χ0) is 15.8. The Morgan fingerprint density at radius 3 is 2.38 bits per heavy atom. The third-order valence-electron chi connectivity index (χ3n) is 2.48. The third-order valence-corrected chi connectivity index (χ3v) is 2.48. The van der Waals surface area contributed by atoms with Gasteiger partial charge in [0.05, 0.1) is 6.33 Å². The molecule has 0 spiro atoms. The molecular weight excluding hydrogens is 284 g/mol. The van der Waals surface area contributed by atoms with Crippen LogP contribution in [0.4, 0.5) is 0 Å². The molecule has 0 bridgehead atoms. The van der Waals surface area contributed by atoms with Crippen LogP contribution in [0.2, 0.25) is 0 Å². The number of aromatic amines is 1. The standard InChI is InChI=1S/C11H16N4O6/c12-7(1-2-9(16)17)10(18)20-21-11(19)8(13)3-6-4-14-5-15-6/h4-5,7-8H,1-3,12-13H2,(H,14,15)(H,16,17). The molecular formula is C11H16N4O6. The number of nitrogens with zero attached hydrogens (tertiary/aromatic N) is 1. The number of nitrogens with one attached hydrogen (secondary N) is 1. The van der Waals surface area contributed by atoms with E-state index in [1.165, 1.54) is 12.5 Å². The Labute approximate surface area is 119 Å². The molecule has 2 atom stereocenters. The average molecular weight is 300 g/mol. The number of carbonyl (C=O) groups is 3. The summed E-state index contributed by atoms with van der Waals surface area (Å²) in [4.78, 5) is 48.1. The highest BCUT2D eigenvalue weighted by atomic mass is 17.2. The fourth-order valence-corrected chi connectivity index (χ4v) is 1.32. The average Bonchev–Trinajstić information content (AvgIpc) is 2.94. The molecule has 1 aromatic rings. The Morgan fingerprint density at radius 2 is 1.86 bits per heavy atom. The molecule has 0 aliphatic carbocycles. The van der Waals surface area contributed by atoms with Crippen molar-refractivity contribution in [2.45, 2.75) is 31.3 Å². The molecule has 6 N–H and O–H groups in total. The topological polar surface area (TPSA) is 171 Å². The summed E-state index contributed by atoms with van der Waals surface area (Å²) in [5.74, 6) is -3.10. The molecule has 0 aliphatic heterocycles. The molecule has 116 valence electrons. The summed E-state index contributed by atoms with van der Waals surface area (Å²) in [6, 6.07) is -2.24. The summed E-state index contributed by atoms with van der Waals surface area (Å²) in [7, 11) is 0. The van der Waals surface area contributed by atoms with E-state index in [2.05, 4.69) is 19.7 Å². The monoisotopic (exact) mass is 300 g/mol. The minimum atomic E-state index is -1.20. The summed E-state index contributed by atoms with van der Waals surface area (Å²) < 4.78 is 0. The van der Waals surface area contributed by atoms with E-state index in [1.54, 1.807) is 0 Å². The molecule has 1 aromatic heterocycles. The van der Waals surface area contributed by atoms with Crippen molar-refractivity contribution in [2.24, 2.45) is 11.5 Å². The van der Waals surface area contributed by atoms with Crippen LogP contribution in [0.1, 0.15) is 18.5 Å². The molecule has 0 amide bonds. The fourth-order valence-electron chi connectivity index (χ4n) is 1.32. The van der Waals surface area contributed by atoms with Crippen molar-refractivity contribution >= 4 is 17.9 Å². The van der Waals surface area contributed by atoms with E-state index in [4.69, 9.17) is 16.6 Å². The van der Waals surface area contributed by atoms with Gasteiger partial charge < -0.3 is 21.6 Å². The molecule has 21 heavy (non-hydrogen) atoms. The number of carbonyl (C=O) groups excluding carboxylic acids is 2. The van der Waals surface area contributed by atoms with Gasteiger partial charge >= 0.3 is 17.9 Å². The lowest BCUT2D eigenvalue weighted by Crippen LogP contribution is -2.38. The molecule has 2 unspecified atom stereocenters. The van der Waals surface area contributed by atoms with E-state index in [-0.39, 0.29) is 19.3 Å². The number of H-pyrrole nitrogens is 1. The summed E-state index contributed by atoms with van der Waals surface area (Å²) in [6.07, 6.45) is 2.60. The minimum absolute atomic E-state index is 0.126. The first-order chi connectivity index (χ1) is 9.90. The van der Waals surface area contributed by atoms with Gasteiger partial charge in [0.25, 0.3) is 0 Å². The van der Waals surface area contributed by atoms with Gasteiger partial charge in [-0.1, -0.05) is 0 Å². The molecule has 0 saturated heterocycles. The number of imidazole rings is 1. The van der Waals surface area contributed by atoms with Crippen LogP contribution < -0.4 is 11.5 Å². The number of aromatic nitrogens is 2. The predicted molar refractivity (Wildman–Crippen MR) is 67.3 cm³/mol. The van der Waals surface area contributed by atoms with Crippen LogP contribution in [0, 0.1) is 0 Å². The van der Waals surface area contributed by atoms with Crippen LogP contribution in [0.3, 0.4) is 0 Å². The molecule has 1 heterocycles. The zero-order valence-electron chi connectivity index (χ0n) is 11.0. The Balaban J connectivity index is 2.31. The first kappa shape index (κ1) is 16.6. The van der Waals surface area contributed by atoms with Crippen molar-refractivity contribution in [3.63, 3.8) is 0 Å². The van der Waals surface area contributed by atoms with Gasteiger partial charge in [-0.05, 0) is 6.42 Å². The maximum atomic E-state index is 11.5. The normalized spacial score (nSPS) is 13.2. The van der Waals surface area contributed by atoms with Crippen LogP contribution in [0.5, 0.6) is 0 Å². The lowest BCUT2D eigenvalue weighted by molar-refractivity contribution is -0.261. The molecule has 0 fully saturated rings. The third kappa shape index (κ3) is 6.01. The van der Waals surface area contributed by atoms with Gasteiger partial charge in [-0.25, -0.2) is 24.3 Å². The molecule has 1 rings (SSSR count). The number of aliphatic carboxylic acids is 1. The van der Waals surface area contributed by atoms with Crippen LogP contribution in [-0.4, -0.2) is 45.1 Å². The van der Waals surface area contributed by atoms with Crippen molar-refractivity contribution in [2.75, 3.05) is 0 Å². The first-order valence-electron chi connectivity index (χ1n) is 6.02. The second-order valence-electron chi connectivity index (χ2n) is 4.23. The quantitative estimate of drug-likeness (QED) is 0.344. The summed E-state index contributed by atoms with van der Waals surface area (Å²) in [6.45, 7) is 0. The molecule has 10 heteroatoms. The van der Waals surface area contributed by atoms with E-state index in [0.717, 1.165) is 0 Å². The summed E-state index contributed by atoms with van der Waals surface area (Å²) in [5.41, 5.74) is 11.5. The van der Waals surface area contributed by atoms with Crippen LogP contribution in [0.15, 0.2) is 12.5 Å².